The van der Waals surface area contributed by atoms with Gasteiger partial charge in [0.2, 0.25) is 0 Å². The number of halogens is 1. The van der Waals surface area contributed by atoms with E-state index >= 15 is 0 Å². The Kier molecular flexibility index (Phi) is 6.82. The number of hydrogen-bond donors (Lipinski definition) is 1. The Labute approximate surface area is 118 Å². The normalized spacial score (nSPS) is 14.8. The lowest BCUT2D eigenvalue weighted by Gasteiger charge is -2.30. The lowest BCUT2D eigenvalue weighted by Crippen LogP contribution is -2.44. The molecule has 102 valence electrons. The fraction of sp³-hybridized carbons (Fsp3) is 0.643. The van der Waals surface area contributed by atoms with Gasteiger partial charge >= 0.3 is 0 Å². The van der Waals surface area contributed by atoms with E-state index in [1.54, 1.807) is 6.20 Å². The van der Waals surface area contributed by atoms with Crippen LogP contribution in [0.4, 0.5) is 0 Å². The van der Waals surface area contributed by atoms with E-state index in [2.05, 4.69) is 46.1 Å². The van der Waals surface area contributed by atoms with Crippen LogP contribution in [0.1, 0.15) is 26.3 Å². The minimum atomic E-state index is 0.221. The topological polar surface area (TPSA) is 34.1 Å². The quantitative estimate of drug-likeness (QED) is 0.840. The summed E-state index contributed by atoms with van der Waals surface area (Å²) in [4.78, 5) is 4.21. The Morgan fingerprint density at radius 1 is 1.39 bits per heavy atom. The molecule has 0 saturated carbocycles. The van der Waals surface area contributed by atoms with Crippen molar-refractivity contribution < 1.29 is 4.74 Å². The number of rotatable bonds is 7. The number of nitrogens with zero attached hydrogens (tertiary/aromatic N) is 1. The van der Waals surface area contributed by atoms with Crippen LogP contribution in [0.25, 0.3) is 0 Å². The van der Waals surface area contributed by atoms with Crippen LogP contribution in [0, 0.1) is 5.92 Å². The van der Waals surface area contributed by atoms with Gasteiger partial charge < -0.3 is 10.1 Å². The minimum Gasteiger partial charge on any atom is -0.377 e. The number of aromatic nitrogens is 1. The zero-order valence-corrected chi connectivity index (χ0v) is 13.2. The van der Waals surface area contributed by atoms with Gasteiger partial charge in [0.05, 0.1) is 6.10 Å². The highest BCUT2D eigenvalue weighted by molar-refractivity contribution is 9.10. The standard InChI is InChI=1S/C14H23BrN2O/c1-5-18-14(10(2)3)13(16-4)7-11-6-12(15)9-17-8-11/h6,8-10,13-14,16H,5,7H2,1-4H3. The van der Waals surface area contributed by atoms with Gasteiger partial charge in [-0.3, -0.25) is 4.98 Å². The van der Waals surface area contributed by atoms with Crippen molar-refractivity contribution in [3.8, 4) is 0 Å². The zero-order valence-electron chi connectivity index (χ0n) is 11.6. The third-order valence-electron chi connectivity index (χ3n) is 3.00. The highest BCUT2D eigenvalue weighted by atomic mass is 79.9. The number of nitrogens with one attached hydrogen (secondary N) is 1. The molecule has 0 aromatic carbocycles. The summed E-state index contributed by atoms with van der Waals surface area (Å²) < 4.78 is 6.88. The largest absolute Gasteiger partial charge is 0.377 e. The molecule has 18 heavy (non-hydrogen) atoms. The third kappa shape index (κ3) is 4.67. The predicted octanol–water partition coefficient (Wildman–Crippen LogP) is 3.04. The van der Waals surface area contributed by atoms with Crippen molar-refractivity contribution in [2.75, 3.05) is 13.7 Å². The van der Waals surface area contributed by atoms with Gasteiger partial charge in [0.25, 0.3) is 0 Å². The molecule has 0 aliphatic heterocycles. The van der Waals surface area contributed by atoms with Crippen molar-refractivity contribution >= 4 is 15.9 Å². The van der Waals surface area contributed by atoms with E-state index < -0.39 is 0 Å². The molecule has 0 aliphatic carbocycles. The van der Waals surface area contributed by atoms with E-state index in [0.717, 1.165) is 17.5 Å². The molecule has 2 unspecified atom stereocenters. The fourth-order valence-corrected chi connectivity index (χ4v) is 2.58. The highest BCUT2D eigenvalue weighted by Gasteiger charge is 2.24. The number of hydrogen-bond acceptors (Lipinski definition) is 3. The van der Waals surface area contributed by atoms with Crippen molar-refractivity contribution in [1.82, 2.24) is 10.3 Å². The molecule has 3 nitrogen and oxygen atoms in total. The van der Waals surface area contributed by atoms with Gasteiger partial charge in [-0.1, -0.05) is 13.8 Å². The molecule has 2 atom stereocenters. The van der Waals surface area contributed by atoms with Crippen LogP contribution in [-0.2, 0) is 11.2 Å². The van der Waals surface area contributed by atoms with E-state index in [1.807, 2.05) is 20.2 Å². The zero-order chi connectivity index (χ0) is 13.5. The lowest BCUT2D eigenvalue weighted by atomic mass is 9.94. The molecule has 4 heteroatoms. The van der Waals surface area contributed by atoms with Gasteiger partial charge in [-0.15, -0.1) is 0 Å². The Bertz CT molecular complexity index is 357. The van der Waals surface area contributed by atoms with Crippen LogP contribution in [0.3, 0.4) is 0 Å². The van der Waals surface area contributed by atoms with Crippen molar-refractivity contribution in [1.29, 1.82) is 0 Å². The van der Waals surface area contributed by atoms with Crippen LogP contribution in [0.2, 0.25) is 0 Å². The minimum absolute atomic E-state index is 0.221. The van der Waals surface area contributed by atoms with Gasteiger partial charge in [0.15, 0.2) is 0 Å². The molecule has 0 radical (unpaired) electrons. The maximum Gasteiger partial charge on any atom is 0.0753 e. The Morgan fingerprint density at radius 3 is 2.61 bits per heavy atom. The molecule has 1 aromatic heterocycles. The maximum atomic E-state index is 5.86. The second-order valence-electron chi connectivity index (χ2n) is 4.77. The van der Waals surface area contributed by atoms with Crippen LogP contribution < -0.4 is 5.32 Å². The van der Waals surface area contributed by atoms with Crippen LogP contribution >= 0.6 is 15.9 Å². The first-order valence-corrected chi connectivity index (χ1v) is 7.26. The van der Waals surface area contributed by atoms with E-state index in [1.165, 1.54) is 5.56 Å². The first-order valence-electron chi connectivity index (χ1n) is 6.46. The van der Waals surface area contributed by atoms with Gasteiger partial charge in [-0.2, -0.15) is 0 Å². The summed E-state index contributed by atoms with van der Waals surface area (Å²) in [5.41, 5.74) is 1.22. The Balaban J connectivity index is 2.76. The molecule has 0 spiro atoms. The summed E-state index contributed by atoms with van der Waals surface area (Å²) >= 11 is 3.46. The number of pyridine rings is 1. The van der Waals surface area contributed by atoms with Crippen molar-refractivity contribution in [3.63, 3.8) is 0 Å². The summed E-state index contributed by atoms with van der Waals surface area (Å²) in [6.07, 6.45) is 4.86. The second-order valence-corrected chi connectivity index (χ2v) is 5.69. The Morgan fingerprint density at radius 2 is 2.11 bits per heavy atom. The highest BCUT2D eigenvalue weighted by Crippen LogP contribution is 2.17. The Hall–Kier alpha value is -0.450. The van der Waals surface area contributed by atoms with Crippen LogP contribution in [0.5, 0.6) is 0 Å². The van der Waals surface area contributed by atoms with Gasteiger partial charge in [0, 0.05) is 29.5 Å². The molecule has 0 amide bonds. The lowest BCUT2D eigenvalue weighted by molar-refractivity contribution is 0.00533. The molecular weight excluding hydrogens is 292 g/mol. The second kappa shape index (κ2) is 7.87. The van der Waals surface area contributed by atoms with Crippen molar-refractivity contribution in [3.05, 3.63) is 28.5 Å². The molecule has 0 aliphatic rings. The molecule has 1 heterocycles. The van der Waals surface area contributed by atoms with Gasteiger partial charge in [-0.05, 0) is 53.9 Å². The first kappa shape index (κ1) is 15.6. The molecule has 0 bridgehead atoms. The molecule has 0 fully saturated rings. The van der Waals surface area contributed by atoms with Crippen LogP contribution in [0.15, 0.2) is 22.9 Å². The summed E-state index contributed by atoms with van der Waals surface area (Å²) in [5, 5.41) is 3.37. The van der Waals surface area contributed by atoms with E-state index in [4.69, 9.17) is 4.74 Å². The van der Waals surface area contributed by atoms with Crippen molar-refractivity contribution in [2.45, 2.75) is 39.3 Å². The predicted molar refractivity (Wildman–Crippen MR) is 78.7 cm³/mol. The fourth-order valence-electron chi connectivity index (χ4n) is 2.17. The number of likely N-dealkylation sites (N-methyl/N-ethyl adjacent to an activating group) is 1. The SMILES string of the molecule is CCOC(C(C)C)C(Cc1cncc(Br)c1)NC. The molecule has 1 N–H and O–H groups in total. The van der Waals surface area contributed by atoms with E-state index in [9.17, 15) is 0 Å². The van der Waals surface area contributed by atoms with E-state index in [-0.39, 0.29) is 6.10 Å². The van der Waals surface area contributed by atoms with Gasteiger partial charge in [0.1, 0.15) is 0 Å². The molecule has 0 saturated heterocycles. The molecular formula is C14H23BrN2O. The summed E-state index contributed by atoms with van der Waals surface area (Å²) in [6, 6.07) is 2.42. The molecule has 1 rings (SSSR count). The average Bonchev–Trinajstić information content (AvgIpc) is 2.33. The third-order valence-corrected chi connectivity index (χ3v) is 3.43. The summed E-state index contributed by atoms with van der Waals surface area (Å²) in [6.45, 7) is 7.19. The maximum absolute atomic E-state index is 5.86. The number of ether oxygens (including phenoxy) is 1. The average molecular weight is 315 g/mol. The van der Waals surface area contributed by atoms with Crippen LogP contribution in [-0.4, -0.2) is 30.8 Å². The summed E-state index contributed by atoms with van der Waals surface area (Å²) in [7, 11) is 1.99. The summed E-state index contributed by atoms with van der Waals surface area (Å²) in [5.74, 6) is 0.488. The molecule has 1 aromatic rings. The first-order chi connectivity index (χ1) is 8.58. The smallest absolute Gasteiger partial charge is 0.0753 e. The van der Waals surface area contributed by atoms with Gasteiger partial charge in [-0.25, -0.2) is 0 Å². The monoisotopic (exact) mass is 314 g/mol. The van der Waals surface area contributed by atoms with Crippen molar-refractivity contribution in [2.24, 2.45) is 5.92 Å². The van der Waals surface area contributed by atoms with E-state index in [0.29, 0.717) is 12.0 Å².